The molecule has 2 heterocycles. The lowest BCUT2D eigenvalue weighted by atomic mass is 10.0. The van der Waals surface area contributed by atoms with Gasteiger partial charge in [0.1, 0.15) is 0 Å². The predicted octanol–water partition coefficient (Wildman–Crippen LogP) is 2.45. The van der Waals surface area contributed by atoms with Gasteiger partial charge in [-0.1, -0.05) is 11.2 Å². The van der Waals surface area contributed by atoms with Crippen LogP contribution in [0, 0.1) is 13.8 Å². The monoisotopic (exact) mass is 341 g/mol. The molecule has 0 saturated carbocycles. The lowest BCUT2D eigenvalue weighted by Crippen LogP contribution is -2.48. The van der Waals surface area contributed by atoms with Crippen LogP contribution in [0.3, 0.4) is 0 Å². The van der Waals surface area contributed by atoms with Crippen LogP contribution in [-0.2, 0) is 6.54 Å². The number of ketones is 1. The molecule has 0 spiro atoms. The third kappa shape index (κ3) is 3.96. The molecule has 0 N–H and O–H groups in total. The summed E-state index contributed by atoms with van der Waals surface area (Å²) in [5.41, 5.74) is 2.97. The lowest BCUT2D eigenvalue weighted by Gasteiger charge is -2.34. The third-order valence-corrected chi connectivity index (χ3v) is 4.58. The van der Waals surface area contributed by atoms with Crippen LogP contribution >= 0.6 is 0 Å². The molecule has 0 radical (unpaired) electrons. The molecular weight excluding hydrogens is 318 g/mol. The van der Waals surface area contributed by atoms with Crippen LogP contribution in [0.25, 0.3) is 0 Å². The van der Waals surface area contributed by atoms with Crippen LogP contribution in [0.1, 0.15) is 44.7 Å². The Bertz CT molecular complexity index is 789. The van der Waals surface area contributed by atoms with E-state index in [0.29, 0.717) is 30.8 Å². The molecule has 1 aliphatic rings. The highest BCUT2D eigenvalue weighted by Crippen LogP contribution is 2.16. The van der Waals surface area contributed by atoms with Gasteiger partial charge in [0.15, 0.2) is 11.5 Å². The van der Waals surface area contributed by atoms with E-state index in [1.165, 1.54) is 6.92 Å². The number of rotatable bonds is 4. The second-order valence-electron chi connectivity index (χ2n) is 6.59. The van der Waals surface area contributed by atoms with Gasteiger partial charge in [-0.2, -0.15) is 0 Å². The van der Waals surface area contributed by atoms with Crippen LogP contribution in [0.15, 0.2) is 28.8 Å². The molecule has 6 heteroatoms. The first-order valence-electron chi connectivity index (χ1n) is 8.49. The number of aromatic nitrogens is 1. The van der Waals surface area contributed by atoms with Gasteiger partial charge in [0.2, 0.25) is 0 Å². The summed E-state index contributed by atoms with van der Waals surface area (Å²) in [6.07, 6.45) is 0. The largest absolute Gasteiger partial charge is 0.360 e. The summed E-state index contributed by atoms with van der Waals surface area (Å²) in [6, 6.07) is 7.29. The van der Waals surface area contributed by atoms with E-state index in [1.54, 1.807) is 12.1 Å². The van der Waals surface area contributed by atoms with Crippen LogP contribution < -0.4 is 0 Å². The summed E-state index contributed by atoms with van der Waals surface area (Å²) in [6.45, 7) is 8.93. The van der Waals surface area contributed by atoms with E-state index in [9.17, 15) is 9.59 Å². The molecule has 3 rings (SSSR count). The number of carbonyl (C=O) groups is 2. The molecule has 6 nitrogen and oxygen atoms in total. The van der Waals surface area contributed by atoms with Crippen molar-refractivity contribution in [3.8, 4) is 0 Å². The van der Waals surface area contributed by atoms with Crippen molar-refractivity contribution in [2.24, 2.45) is 0 Å². The second kappa shape index (κ2) is 7.19. The SMILES string of the molecule is CC(=O)c1cc(C(=O)N2CCN(Cc3cc(C)no3)CC2)ccc1C. The van der Waals surface area contributed by atoms with Crippen molar-refractivity contribution in [2.75, 3.05) is 26.2 Å². The van der Waals surface area contributed by atoms with Gasteiger partial charge < -0.3 is 9.42 Å². The number of aryl methyl sites for hydroxylation is 2. The van der Waals surface area contributed by atoms with E-state index in [1.807, 2.05) is 30.9 Å². The number of piperazine rings is 1. The summed E-state index contributed by atoms with van der Waals surface area (Å²) in [7, 11) is 0. The summed E-state index contributed by atoms with van der Waals surface area (Å²) >= 11 is 0. The van der Waals surface area contributed by atoms with Gasteiger partial charge in [-0.05, 0) is 38.5 Å². The van der Waals surface area contributed by atoms with Gasteiger partial charge in [-0.3, -0.25) is 14.5 Å². The summed E-state index contributed by atoms with van der Waals surface area (Å²) < 4.78 is 5.25. The maximum Gasteiger partial charge on any atom is 0.253 e. The minimum absolute atomic E-state index is 0.0145. The molecular formula is C19H23N3O3. The molecule has 0 unspecified atom stereocenters. The predicted molar refractivity (Wildman–Crippen MR) is 93.6 cm³/mol. The summed E-state index contributed by atoms with van der Waals surface area (Å²) in [4.78, 5) is 28.5. The standard InChI is InChI=1S/C19H23N3O3/c1-13-4-5-16(11-18(13)15(3)23)19(24)22-8-6-21(7-9-22)12-17-10-14(2)20-25-17/h4-5,10-11H,6-9,12H2,1-3H3. The number of hydrogen-bond acceptors (Lipinski definition) is 5. The van der Waals surface area contributed by atoms with Crippen molar-refractivity contribution >= 4 is 11.7 Å². The zero-order chi connectivity index (χ0) is 18.0. The Balaban J connectivity index is 1.61. The first-order chi connectivity index (χ1) is 11.9. The average Bonchev–Trinajstić information content (AvgIpc) is 3.00. The molecule has 25 heavy (non-hydrogen) atoms. The van der Waals surface area contributed by atoms with Crippen LogP contribution in [0.5, 0.6) is 0 Å². The number of hydrogen-bond donors (Lipinski definition) is 0. The number of Topliss-reactive ketones (excluding diaryl/α,β-unsaturated/α-hetero) is 1. The fourth-order valence-corrected chi connectivity index (χ4v) is 3.14. The zero-order valence-electron chi connectivity index (χ0n) is 14.9. The molecule has 1 aromatic carbocycles. The van der Waals surface area contributed by atoms with Gasteiger partial charge >= 0.3 is 0 Å². The van der Waals surface area contributed by atoms with E-state index in [-0.39, 0.29) is 11.7 Å². The van der Waals surface area contributed by atoms with Crippen molar-refractivity contribution < 1.29 is 14.1 Å². The molecule has 1 aromatic heterocycles. The lowest BCUT2D eigenvalue weighted by molar-refractivity contribution is 0.0617. The fraction of sp³-hybridized carbons (Fsp3) is 0.421. The van der Waals surface area contributed by atoms with Crippen LogP contribution in [0.4, 0.5) is 0 Å². The van der Waals surface area contributed by atoms with Gasteiger partial charge in [0.05, 0.1) is 12.2 Å². The quantitative estimate of drug-likeness (QED) is 0.799. The molecule has 0 aliphatic carbocycles. The third-order valence-electron chi connectivity index (χ3n) is 4.58. The van der Waals surface area contributed by atoms with Crippen LogP contribution in [0.2, 0.25) is 0 Å². The fourth-order valence-electron chi connectivity index (χ4n) is 3.14. The maximum atomic E-state index is 12.7. The highest BCUT2D eigenvalue weighted by Gasteiger charge is 2.23. The maximum absolute atomic E-state index is 12.7. The van der Waals surface area contributed by atoms with Crippen molar-refractivity contribution in [2.45, 2.75) is 27.3 Å². The molecule has 1 aliphatic heterocycles. The first-order valence-corrected chi connectivity index (χ1v) is 8.49. The van der Waals surface area contributed by atoms with Crippen molar-refractivity contribution in [1.82, 2.24) is 15.0 Å². The molecule has 0 atom stereocenters. The molecule has 132 valence electrons. The normalized spacial score (nSPS) is 15.4. The van der Waals surface area contributed by atoms with E-state index in [0.717, 1.165) is 30.1 Å². The smallest absolute Gasteiger partial charge is 0.253 e. The van der Waals surface area contributed by atoms with Crippen molar-refractivity contribution in [3.05, 3.63) is 52.4 Å². The summed E-state index contributed by atoms with van der Waals surface area (Å²) in [5.74, 6) is 0.818. The Kier molecular flexibility index (Phi) is 4.99. The van der Waals surface area contributed by atoms with Gasteiger partial charge in [0, 0.05) is 43.4 Å². The molecule has 1 fully saturated rings. The molecule has 1 amide bonds. The Hall–Kier alpha value is -2.47. The van der Waals surface area contributed by atoms with Crippen LogP contribution in [-0.4, -0.2) is 52.8 Å². The number of amides is 1. The van der Waals surface area contributed by atoms with E-state index in [4.69, 9.17) is 4.52 Å². The molecule has 0 bridgehead atoms. The number of carbonyl (C=O) groups excluding carboxylic acids is 2. The van der Waals surface area contributed by atoms with E-state index < -0.39 is 0 Å². The minimum Gasteiger partial charge on any atom is -0.360 e. The first kappa shape index (κ1) is 17.4. The summed E-state index contributed by atoms with van der Waals surface area (Å²) in [5, 5.41) is 3.90. The molecule has 1 saturated heterocycles. The second-order valence-corrected chi connectivity index (χ2v) is 6.59. The number of benzene rings is 1. The Labute approximate surface area is 147 Å². The van der Waals surface area contributed by atoms with Crippen molar-refractivity contribution in [1.29, 1.82) is 0 Å². The average molecular weight is 341 g/mol. The van der Waals surface area contributed by atoms with Gasteiger partial charge in [-0.15, -0.1) is 0 Å². The minimum atomic E-state index is -0.0161. The topological polar surface area (TPSA) is 66.7 Å². The highest BCUT2D eigenvalue weighted by molar-refractivity contribution is 6.00. The van der Waals surface area contributed by atoms with E-state index >= 15 is 0 Å². The van der Waals surface area contributed by atoms with E-state index in [2.05, 4.69) is 10.1 Å². The number of nitrogens with zero attached hydrogens (tertiary/aromatic N) is 3. The Morgan fingerprint density at radius 3 is 2.44 bits per heavy atom. The van der Waals surface area contributed by atoms with Crippen molar-refractivity contribution in [3.63, 3.8) is 0 Å². The van der Waals surface area contributed by atoms with Gasteiger partial charge in [0.25, 0.3) is 5.91 Å². The Morgan fingerprint density at radius 1 is 1.12 bits per heavy atom. The molecule has 2 aromatic rings. The Morgan fingerprint density at radius 2 is 1.84 bits per heavy atom. The zero-order valence-corrected chi connectivity index (χ0v) is 14.9. The van der Waals surface area contributed by atoms with Gasteiger partial charge in [-0.25, -0.2) is 0 Å². The highest BCUT2D eigenvalue weighted by atomic mass is 16.5.